The maximum atomic E-state index is 11.8. The van der Waals surface area contributed by atoms with Crippen LogP contribution in [0.15, 0.2) is 0 Å². The quantitative estimate of drug-likeness (QED) is 0.0676. The summed E-state index contributed by atoms with van der Waals surface area (Å²) in [5, 5.41) is 0. The van der Waals surface area contributed by atoms with Gasteiger partial charge in [0.1, 0.15) is 12.2 Å². The molecule has 0 heterocycles. The number of rotatable bonds is 26. The Morgan fingerprint density at radius 2 is 0.703 bits per heavy atom. The molecule has 0 bridgehead atoms. The molecule has 0 unspecified atom stereocenters. The van der Waals surface area contributed by atoms with E-state index in [4.69, 9.17) is 0 Å². The van der Waals surface area contributed by atoms with Crippen molar-refractivity contribution in [2.45, 2.75) is 181 Å². The fourth-order valence-corrected chi connectivity index (χ4v) is 4.81. The molecule has 0 aromatic carbocycles. The highest BCUT2D eigenvalue weighted by molar-refractivity contribution is 7.47. The molecule has 0 aromatic rings. The molecule has 0 amide bonds. The van der Waals surface area contributed by atoms with E-state index in [-0.39, 0.29) is 0 Å². The van der Waals surface area contributed by atoms with Gasteiger partial charge in [-0.15, -0.1) is 0 Å². The zero-order valence-corrected chi connectivity index (χ0v) is 25.4. The van der Waals surface area contributed by atoms with Crippen LogP contribution in [0, 0.1) is 24.1 Å². The second-order valence-electron chi connectivity index (χ2n) is 10.5. The molecular formula is C32H59O4P. The maximum Gasteiger partial charge on any atom is 0.602 e. The van der Waals surface area contributed by atoms with Gasteiger partial charge in [-0.25, -0.2) is 4.57 Å². The van der Waals surface area contributed by atoms with Crippen molar-refractivity contribution in [2.75, 3.05) is 0 Å². The molecule has 0 atom stereocenters. The Kier molecular flexibility index (Phi) is 28.6. The first kappa shape index (κ1) is 35.9. The minimum absolute atomic E-state index is 0.669. The van der Waals surface area contributed by atoms with E-state index in [1.54, 1.807) is 0 Å². The lowest BCUT2D eigenvalue weighted by molar-refractivity contribution is 0.263. The molecule has 0 spiro atoms. The van der Waals surface area contributed by atoms with E-state index in [2.05, 4.69) is 46.9 Å². The van der Waals surface area contributed by atoms with E-state index < -0.39 is 7.82 Å². The molecule has 0 aliphatic carbocycles. The van der Waals surface area contributed by atoms with Crippen LogP contribution in [0.3, 0.4) is 0 Å². The summed E-state index contributed by atoms with van der Waals surface area (Å²) in [5.74, 6) is 5.60. The van der Waals surface area contributed by atoms with E-state index in [0.29, 0.717) is 12.8 Å². The minimum atomic E-state index is -4.21. The highest BCUT2D eigenvalue weighted by atomic mass is 31.2. The van der Waals surface area contributed by atoms with Gasteiger partial charge in [0.05, 0.1) is 0 Å². The fourth-order valence-electron chi connectivity index (χ4n) is 4.41. The summed E-state index contributed by atoms with van der Waals surface area (Å²) in [6.07, 6.45) is 37.1. The van der Waals surface area contributed by atoms with E-state index >= 15 is 0 Å². The molecule has 0 radical (unpaired) electrons. The highest BCUT2D eigenvalue weighted by Crippen LogP contribution is 2.42. The van der Waals surface area contributed by atoms with Crippen LogP contribution in [-0.4, -0.2) is 4.89 Å². The van der Waals surface area contributed by atoms with Crippen LogP contribution in [0.4, 0.5) is 0 Å². The number of phosphoric ester groups is 1. The topological polar surface area (TPSA) is 55.8 Å². The van der Waals surface area contributed by atoms with Crippen LogP contribution < -0.4 is 0 Å². The molecule has 1 N–H and O–H groups in total. The third-order valence-corrected chi connectivity index (χ3v) is 7.42. The number of hydrogen-bond donors (Lipinski definition) is 1. The Balaban J connectivity index is 3.49. The predicted octanol–water partition coefficient (Wildman–Crippen LogP) is 11.2. The van der Waals surface area contributed by atoms with Crippen LogP contribution in [0.1, 0.15) is 181 Å². The third kappa shape index (κ3) is 31.0. The standard InChI is InChI=1S/C32H59O4P/c1-3-5-7-9-11-13-15-17-19-21-23-25-27-29-31-35-37(33,34)36-32-30-28-26-24-22-20-18-16-14-12-10-8-6-4-2/h3-28H2,1-2H3,(H,33,34). The van der Waals surface area contributed by atoms with Crippen LogP contribution in [-0.2, 0) is 13.6 Å². The highest BCUT2D eigenvalue weighted by Gasteiger charge is 2.21. The van der Waals surface area contributed by atoms with Crippen molar-refractivity contribution >= 4 is 7.82 Å². The fraction of sp³-hybridized carbons (Fsp3) is 0.875. The Morgan fingerprint density at radius 1 is 0.459 bits per heavy atom. The predicted molar refractivity (Wildman–Crippen MR) is 159 cm³/mol. The summed E-state index contributed by atoms with van der Waals surface area (Å²) < 4.78 is 21.1. The van der Waals surface area contributed by atoms with Crippen molar-refractivity contribution in [3.05, 3.63) is 0 Å². The average molecular weight is 539 g/mol. The van der Waals surface area contributed by atoms with Crippen molar-refractivity contribution in [1.82, 2.24) is 0 Å². The molecule has 216 valence electrons. The molecule has 0 aliphatic heterocycles. The second-order valence-corrected chi connectivity index (χ2v) is 11.8. The molecule has 0 fully saturated rings. The summed E-state index contributed by atoms with van der Waals surface area (Å²) in [6, 6.07) is 0. The monoisotopic (exact) mass is 538 g/mol. The normalized spacial score (nSPS) is 10.9. The molecule has 4 nitrogen and oxygen atoms in total. The maximum absolute atomic E-state index is 11.8. The van der Waals surface area contributed by atoms with E-state index in [1.165, 1.54) is 128 Å². The first-order valence-corrected chi connectivity index (χ1v) is 17.3. The van der Waals surface area contributed by atoms with Crippen LogP contribution in [0.2, 0.25) is 0 Å². The average Bonchev–Trinajstić information content (AvgIpc) is 2.88. The SMILES string of the molecule is CCCCCCCCCCCCCCC#COP(=O)(O)OC#CCCCCCCCCCCCCCC. The van der Waals surface area contributed by atoms with Gasteiger partial charge in [0.2, 0.25) is 0 Å². The smallest absolute Gasteiger partial charge is 0.341 e. The molecule has 0 saturated carbocycles. The van der Waals surface area contributed by atoms with E-state index in [0.717, 1.165) is 25.7 Å². The second kappa shape index (κ2) is 29.5. The summed E-state index contributed by atoms with van der Waals surface area (Å²) in [7, 11) is -4.21. The van der Waals surface area contributed by atoms with Gasteiger partial charge in [-0.3, -0.25) is 4.89 Å². The molecule has 37 heavy (non-hydrogen) atoms. The molecule has 0 saturated heterocycles. The van der Waals surface area contributed by atoms with Crippen molar-refractivity contribution in [2.24, 2.45) is 0 Å². The van der Waals surface area contributed by atoms with Gasteiger partial charge in [0.25, 0.3) is 0 Å². The number of unbranched alkanes of at least 4 members (excludes halogenated alkanes) is 24. The first-order chi connectivity index (χ1) is 18.1. The van der Waals surface area contributed by atoms with Crippen molar-refractivity contribution in [3.63, 3.8) is 0 Å². The zero-order chi connectivity index (χ0) is 27.1. The van der Waals surface area contributed by atoms with Gasteiger partial charge in [0, 0.05) is 12.8 Å². The largest absolute Gasteiger partial charge is 0.602 e. The zero-order valence-electron chi connectivity index (χ0n) is 24.5. The van der Waals surface area contributed by atoms with Crippen molar-refractivity contribution < 1.29 is 18.5 Å². The Hall–Kier alpha value is -1.09. The van der Waals surface area contributed by atoms with Crippen LogP contribution >= 0.6 is 7.82 Å². The van der Waals surface area contributed by atoms with Crippen LogP contribution in [0.5, 0.6) is 0 Å². The lowest BCUT2D eigenvalue weighted by Gasteiger charge is -2.03. The Bertz CT molecular complexity index is 589. The molecule has 0 aliphatic rings. The first-order valence-electron chi connectivity index (χ1n) is 15.8. The lowest BCUT2D eigenvalue weighted by Crippen LogP contribution is -1.85. The minimum Gasteiger partial charge on any atom is -0.341 e. The number of phosphoric acid groups is 1. The Labute approximate surface area is 231 Å². The lowest BCUT2D eigenvalue weighted by atomic mass is 10.0. The molecule has 0 rings (SSSR count). The number of hydrogen-bond acceptors (Lipinski definition) is 3. The molecular weight excluding hydrogens is 479 g/mol. The Morgan fingerprint density at radius 3 is 0.973 bits per heavy atom. The van der Waals surface area contributed by atoms with Gasteiger partial charge < -0.3 is 9.05 Å². The molecule has 5 heteroatoms. The summed E-state index contributed by atoms with van der Waals surface area (Å²) in [5.41, 5.74) is 0. The van der Waals surface area contributed by atoms with E-state index in [9.17, 15) is 9.46 Å². The van der Waals surface area contributed by atoms with Gasteiger partial charge >= 0.3 is 7.82 Å². The summed E-state index contributed by atoms with van der Waals surface area (Å²) in [4.78, 5) is 9.63. The van der Waals surface area contributed by atoms with Gasteiger partial charge in [-0.2, -0.15) is 0 Å². The van der Waals surface area contributed by atoms with Gasteiger partial charge in [-0.1, -0.05) is 167 Å². The van der Waals surface area contributed by atoms with E-state index in [1.807, 2.05) is 0 Å². The molecule has 0 aromatic heterocycles. The summed E-state index contributed by atoms with van der Waals surface area (Å²) >= 11 is 0. The van der Waals surface area contributed by atoms with Crippen molar-refractivity contribution in [1.29, 1.82) is 0 Å². The van der Waals surface area contributed by atoms with Gasteiger partial charge in [0.15, 0.2) is 0 Å². The van der Waals surface area contributed by atoms with Crippen LogP contribution in [0.25, 0.3) is 0 Å². The summed E-state index contributed by atoms with van der Waals surface area (Å²) in [6.45, 7) is 4.52. The van der Waals surface area contributed by atoms with Gasteiger partial charge in [-0.05, 0) is 12.8 Å². The van der Waals surface area contributed by atoms with Crippen molar-refractivity contribution in [3.8, 4) is 24.1 Å². The third-order valence-electron chi connectivity index (χ3n) is 6.78.